The number of carbonyl (C=O) groups is 1. The molecule has 0 heterocycles. The normalized spacial score (nSPS) is 10.7. The maximum atomic E-state index is 12.7. The van der Waals surface area contributed by atoms with E-state index in [0.29, 0.717) is 12.3 Å². The lowest BCUT2D eigenvalue weighted by Crippen LogP contribution is -2.24. The number of unbranched alkanes of at least 4 members (excludes halogenated alkanes) is 1. The molecule has 0 aliphatic heterocycles. The first-order chi connectivity index (χ1) is 9.08. The van der Waals surface area contributed by atoms with Crippen molar-refractivity contribution in [1.82, 2.24) is 5.32 Å². The zero-order valence-corrected chi connectivity index (χ0v) is 11.9. The topological polar surface area (TPSA) is 29.1 Å². The lowest BCUT2D eigenvalue weighted by atomic mass is 10.1. The maximum Gasteiger partial charge on any atom is 0.219 e. The second kappa shape index (κ2) is 8.68. The molecule has 106 valence electrons. The van der Waals surface area contributed by atoms with E-state index < -0.39 is 0 Å². The minimum atomic E-state index is -0.201. The molecule has 1 aromatic rings. The van der Waals surface area contributed by atoms with E-state index >= 15 is 0 Å². The summed E-state index contributed by atoms with van der Waals surface area (Å²) in [5.74, 6) is 0.562. The Labute approximate surface area is 115 Å². The van der Waals surface area contributed by atoms with Gasteiger partial charge >= 0.3 is 0 Å². The van der Waals surface area contributed by atoms with Gasteiger partial charge in [-0.3, -0.25) is 4.79 Å². The summed E-state index contributed by atoms with van der Waals surface area (Å²) in [6, 6.07) is 6.57. The number of hydrogen-bond donors (Lipinski definition) is 1. The van der Waals surface area contributed by atoms with Crippen LogP contribution in [-0.2, 0) is 11.2 Å². The van der Waals surface area contributed by atoms with Crippen molar-refractivity contribution in [2.75, 3.05) is 6.54 Å². The standard InChI is InChI=1S/C16H24FNO/c1-13(2)11-12-18-16(19)6-4-3-5-14-7-9-15(17)10-8-14/h7-10,13H,3-6,11-12H2,1-2H3,(H,18,19). The highest BCUT2D eigenvalue weighted by atomic mass is 19.1. The van der Waals surface area contributed by atoms with Gasteiger partial charge in [0.05, 0.1) is 0 Å². The van der Waals surface area contributed by atoms with Gasteiger partial charge in [-0.25, -0.2) is 4.39 Å². The Hall–Kier alpha value is -1.38. The Balaban J connectivity index is 2.07. The summed E-state index contributed by atoms with van der Waals surface area (Å²) in [5, 5.41) is 2.93. The van der Waals surface area contributed by atoms with Crippen LogP contribution in [0.2, 0.25) is 0 Å². The molecule has 1 rings (SSSR count). The van der Waals surface area contributed by atoms with Gasteiger partial charge < -0.3 is 5.32 Å². The van der Waals surface area contributed by atoms with Crippen LogP contribution in [0.5, 0.6) is 0 Å². The number of amides is 1. The predicted molar refractivity (Wildman–Crippen MR) is 76.4 cm³/mol. The summed E-state index contributed by atoms with van der Waals surface area (Å²) >= 11 is 0. The summed E-state index contributed by atoms with van der Waals surface area (Å²) in [6.07, 6.45) is 4.36. The van der Waals surface area contributed by atoms with Crippen LogP contribution in [0.1, 0.15) is 45.1 Å². The van der Waals surface area contributed by atoms with Crippen LogP contribution < -0.4 is 5.32 Å². The monoisotopic (exact) mass is 265 g/mol. The van der Waals surface area contributed by atoms with Gasteiger partial charge in [-0.1, -0.05) is 26.0 Å². The molecule has 19 heavy (non-hydrogen) atoms. The first-order valence-electron chi connectivity index (χ1n) is 7.09. The van der Waals surface area contributed by atoms with E-state index in [-0.39, 0.29) is 11.7 Å². The second-order valence-corrected chi connectivity index (χ2v) is 5.37. The number of halogens is 1. The van der Waals surface area contributed by atoms with Gasteiger partial charge in [0.15, 0.2) is 0 Å². The number of rotatable bonds is 8. The number of carbonyl (C=O) groups excluding carboxylic acids is 1. The van der Waals surface area contributed by atoms with E-state index in [0.717, 1.165) is 37.8 Å². The van der Waals surface area contributed by atoms with Crippen molar-refractivity contribution in [2.45, 2.75) is 46.0 Å². The minimum Gasteiger partial charge on any atom is -0.356 e. The van der Waals surface area contributed by atoms with Gasteiger partial charge in [0.1, 0.15) is 5.82 Å². The van der Waals surface area contributed by atoms with Gasteiger partial charge in [-0.05, 0) is 49.3 Å². The smallest absolute Gasteiger partial charge is 0.219 e. The highest BCUT2D eigenvalue weighted by molar-refractivity contribution is 5.75. The SMILES string of the molecule is CC(C)CCNC(=O)CCCCc1ccc(F)cc1. The van der Waals surface area contributed by atoms with Gasteiger partial charge in [0, 0.05) is 13.0 Å². The number of aryl methyl sites for hydroxylation is 1. The summed E-state index contributed by atoms with van der Waals surface area (Å²) in [6.45, 7) is 5.07. The van der Waals surface area contributed by atoms with Gasteiger partial charge in [-0.15, -0.1) is 0 Å². The highest BCUT2D eigenvalue weighted by Crippen LogP contribution is 2.08. The van der Waals surface area contributed by atoms with Crippen LogP contribution >= 0.6 is 0 Å². The summed E-state index contributed by atoms with van der Waals surface area (Å²) < 4.78 is 12.7. The number of benzene rings is 1. The Bertz CT molecular complexity index is 373. The third-order valence-corrected chi connectivity index (χ3v) is 3.08. The molecule has 0 fully saturated rings. The molecule has 0 bridgehead atoms. The molecular formula is C16H24FNO. The summed E-state index contributed by atoms with van der Waals surface area (Å²) in [4.78, 5) is 11.5. The average molecular weight is 265 g/mol. The molecule has 2 nitrogen and oxygen atoms in total. The molecule has 1 N–H and O–H groups in total. The van der Waals surface area contributed by atoms with Crippen molar-refractivity contribution in [2.24, 2.45) is 5.92 Å². The Kier molecular flexibility index (Phi) is 7.16. The van der Waals surface area contributed by atoms with E-state index in [1.165, 1.54) is 12.1 Å². The molecule has 0 atom stereocenters. The molecular weight excluding hydrogens is 241 g/mol. The van der Waals surface area contributed by atoms with E-state index in [9.17, 15) is 9.18 Å². The molecule has 0 aliphatic rings. The van der Waals surface area contributed by atoms with Crippen molar-refractivity contribution in [1.29, 1.82) is 0 Å². The molecule has 0 radical (unpaired) electrons. The van der Waals surface area contributed by atoms with E-state index in [1.54, 1.807) is 12.1 Å². The van der Waals surface area contributed by atoms with E-state index in [2.05, 4.69) is 19.2 Å². The molecule has 0 saturated carbocycles. The van der Waals surface area contributed by atoms with Gasteiger partial charge in [0.25, 0.3) is 0 Å². The molecule has 1 aromatic carbocycles. The quantitative estimate of drug-likeness (QED) is 0.713. The fourth-order valence-corrected chi connectivity index (χ4v) is 1.85. The summed E-state index contributed by atoms with van der Waals surface area (Å²) in [7, 11) is 0. The lowest BCUT2D eigenvalue weighted by Gasteiger charge is -2.07. The summed E-state index contributed by atoms with van der Waals surface area (Å²) in [5.41, 5.74) is 1.13. The molecule has 0 saturated heterocycles. The first-order valence-corrected chi connectivity index (χ1v) is 7.09. The Morgan fingerprint density at radius 3 is 2.53 bits per heavy atom. The third-order valence-electron chi connectivity index (χ3n) is 3.08. The fourth-order valence-electron chi connectivity index (χ4n) is 1.85. The molecule has 0 unspecified atom stereocenters. The predicted octanol–water partition coefficient (Wildman–Crippen LogP) is 3.70. The largest absolute Gasteiger partial charge is 0.356 e. The van der Waals surface area contributed by atoms with Crippen molar-refractivity contribution < 1.29 is 9.18 Å². The zero-order valence-electron chi connectivity index (χ0n) is 11.9. The second-order valence-electron chi connectivity index (χ2n) is 5.37. The molecule has 0 spiro atoms. The molecule has 0 aliphatic carbocycles. The number of nitrogens with one attached hydrogen (secondary N) is 1. The lowest BCUT2D eigenvalue weighted by molar-refractivity contribution is -0.121. The minimum absolute atomic E-state index is 0.139. The first kappa shape index (κ1) is 15.7. The van der Waals surface area contributed by atoms with E-state index in [4.69, 9.17) is 0 Å². The zero-order chi connectivity index (χ0) is 14.1. The van der Waals surface area contributed by atoms with Crippen molar-refractivity contribution in [3.8, 4) is 0 Å². The van der Waals surface area contributed by atoms with Crippen LogP contribution in [0.3, 0.4) is 0 Å². The fraction of sp³-hybridized carbons (Fsp3) is 0.562. The van der Waals surface area contributed by atoms with E-state index in [1.807, 2.05) is 0 Å². The molecule has 0 aromatic heterocycles. The van der Waals surface area contributed by atoms with Gasteiger partial charge in [0.2, 0.25) is 5.91 Å². The number of hydrogen-bond acceptors (Lipinski definition) is 1. The molecule has 1 amide bonds. The van der Waals surface area contributed by atoms with Crippen molar-refractivity contribution in [3.05, 3.63) is 35.6 Å². The van der Waals surface area contributed by atoms with Crippen LogP contribution in [0.4, 0.5) is 4.39 Å². The Morgan fingerprint density at radius 1 is 1.21 bits per heavy atom. The van der Waals surface area contributed by atoms with Crippen LogP contribution in [-0.4, -0.2) is 12.5 Å². The Morgan fingerprint density at radius 2 is 1.89 bits per heavy atom. The van der Waals surface area contributed by atoms with Gasteiger partial charge in [-0.2, -0.15) is 0 Å². The van der Waals surface area contributed by atoms with Crippen molar-refractivity contribution in [3.63, 3.8) is 0 Å². The highest BCUT2D eigenvalue weighted by Gasteiger charge is 2.02. The van der Waals surface area contributed by atoms with Crippen LogP contribution in [0.15, 0.2) is 24.3 Å². The maximum absolute atomic E-state index is 12.7. The molecule has 3 heteroatoms. The van der Waals surface area contributed by atoms with Crippen LogP contribution in [0, 0.1) is 11.7 Å². The average Bonchev–Trinajstić information content (AvgIpc) is 2.36. The van der Waals surface area contributed by atoms with Crippen molar-refractivity contribution >= 4 is 5.91 Å². The third kappa shape index (κ3) is 7.60. The van der Waals surface area contributed by atoms with Crippen LogP contribution in [0.25, 0.3) is 0 Å².